The maximum atomic E-state index is 14.3. The molecular formula is C19H24FNO4. The highest BCUT2D eigenvalue weighted by molar-refractivity contribution is 5.75. The van der Waals surface area contributed by atoms with Crippen LogP contribution in [0.4, 0.5) is 9.18 Å². The Bertz CT molecular complexity index is 695. The highest BCUT2D eigenvalue weighted by atomic mass is 19.1. The van der Waals surface area contributed by atoms with Crippen LogP contribution in [0.5, 0.6) is 0 Å². The predicted octanol–water partition coefficient (Wildman–Crippen LogP) is 3.11. The minimum Gasteiger partial charge on any atom is -0.444 e. The van der Waals surface area contributed by atoms with E-state index in [9.17, 15) is 14.3 Å². The van der Waals surface area contributed by atoms with Crippen molar-refractivity contribution in [3.63, 3.8) is 0 Å². The zero-order valence-electron chi connectivity index (χ0n) is 14.8. The van der Waals surface area contributed by atoms with Crippen molar-refractivity contribution < 1.29 is 23.8 Å². The molecule has 2 unspecified atom stereocenters. The molecule has 136 valence electrons. The van der Waals surface area contributed by atoms with Gasteiger partial charge in [-0.05, 0) is 50.5 Å². The van der Waals surface area contributed by atoms with Crippen LogP contribution in [-0.4, -0.2) is 47.0 Å². The third-order valence-corrected chi connectivity index (χ3v) is 4.36. The van der Waals surface area contributed by atoms with Crippen molar-refractivity contribution in [3.8, 4) is 0 Å². The number of halogens is 1. The fourth-order valence-corrected chi connectivity index (χ4v) is 3.31. The first-order chi connectivity index (χ1) is 11.8. The Balaban J connectivity index is 1.90. The summed E-state index contributed by atoms with van der Waals surface area (Å²) >= 11 is 0. The van der Waals surface area contributed by atoms with E-state index in [0.717, 1.165) is 5.57 Å². The van der Waals surface area contributed by atoms with Crippen LogP contribution in [-0.2, 0) is 16.1 Å². The zero-order valence-corrected chi connectivity index (χ0v) is 14.8. The standard InChI is InChI=1S/C19H24FNO4/c1-19(2,3)25-18(23)21-14-7-13(8-15(21)11-24-10-14)16-6-12(9-22)4-5-17(16)20/h4-7,14-15,22H,8-11H2,1-3H3. The molecule has 1 saturated heterocycles. The third kappa shape index (κ3) is 3.85. The maximum absolute atomic E-state index is 14.3. The zero-order chi connectivity index (χ0) is 18.2. The molecule has 1 fully saturated rings. The summed E-state index contributed by atoms with van der Waals surface area (Å²) in [6.45, 7) is 6.12. The summed E-state index contributed by atoms with van der Waals surface area (Å²) < 4.78 is 25.4. The Morgan fingerprint density at radius 1 is 1.40 bits per heavy atom. The molecule has 25 heavy (non-hydrogen) atoms. The van der Waals surface area contributed by atoms with Crippen LogP contribution >= 0.6 is 0 Å². The highest BCUT2D eigenvalue weighted by Gasteiger charge is 2.40. The van der Waals surface area contributed by atoms with Gasteiger partial charge in [0.1, 0.15) is 11.4 Å². The van der Waals surface area contributed by atoms with Gasteiger partial charge in [-0.25, -0.2) is 9.18 Å². The molecule has 0 aromatic heterocycles. The van der Waals surface area contributed by atoms with Crippen LogP contribution < -0.4 is 0 Å². The molecule has 1 aromatic carbocycles. The van der Waals surface area contributed by atoms with Gasteiger partial charge in [0.05, 0.1) is 31.9 Å². The first-order valence-corrected chi connectivity index (χ1v) is 8.48. The van der Waals surface area contributed by atoms with Gasteiger partial charge in [0.25, 0.3) is 0 Å². The quantitative estimate of drug-likeness (QED) is 0.891. The molecule has 1 N–H and O–H groups in total. The van der Waals surface area contributed by atoms with Crippen molar-refractivity contribution in [2.24, 2.45) is 0 Å². The molecule has 2 heterocycles. The second kappa shape index (κ2) is 6.77. The number of hydrogen-bond acceptors (Lipinski definition) is 4. The monoisotopic (exact) mass is 349 g/mol. The molecule has 5 nitrogen and oxygen atoms in total. The predicted molar refractivity (Wildman–Crippen MR) is 91.4 cm³/mol. The second-order valence-corrected chi connectivity index (χ2v) is 7.51. The van der Waals surface area contributed by atoms with Gasteiger partial charge in [-0.15, -0.1) is 0 Å². The van der Waals surface area contributed by atoms with Gasteiger partial charge in [0.2, 0.25) is 0 Å². The lowest BCUT2D eigenvalue weighted by Crippen LogP contribution is -2.57. The average molecular weight is 349 g/mol. The molecule has 2 aliphatic rings. The lowest BCUT2D eigenvalue weighted by Gasteiger charge is -2.44. The van der Waals surface area contributed by atoms with Gasteiger partial charge in [-0.3, -0.25) is 4.90 Å². The number of rotatable bonds is 2. The first kappa shape index (κ1) is 17.9. The Hall–Kier alpha value is -1.92. The normalized spacial score (nSPS) is 23.2. The van der Waals surface area contributed by atoms with Gasteiger partial charge in [0.15, 0.2) is 0 Å². The van der Waals surface area contributed by atoms with E-state index in [2.05, 4.69) is 0 Å². The minimum absolute atomic E-state index is 0.138. The van der Waals surface area contributed by atoms with Crippen LogP contribution in [0.15, 0.2) is 24.3 Å². The van der Waals surface area contributed by atoms with E-state index in [0.29, 0.717) is 30.8 Å². The van der Waals surface area contributed by atoms with Gasteiger partial charge in [-0.1, -0.05) is 12.1 Å². The lowest BCUT2D eigenvalue weighted by molar-refractivity contribution is -0.0510. The number of aliphatic hydroxyl groups excluding tert-OH is 1. The van der Waals surface area contributed by atoms with Crippen molar-refractivity contribution in [2.75, 3.05) is 13.2 Å². The van der Waals surface area contributed by atoms with E-state index in [4.69, 9.17) is 9.47 Å². The number of fused-ring (bicyclic) bond motifs is 2. The van der Waals surface area contributed by atoms with Gasteiger partial charge in [-0.2, -0.15) is 0 Å². The Morgan fingerprint density at radius 3 is 2.80 bits per heavy atom. The van der Waals surface area contributed by atoms with E-state index < -0.39 is 5.60 Å². The molecule has 1 aromatic rings. The summed E-state index contributed by atoms with van der Waals surface area (Å²) in [5, 5.41) is 9.30. The van der Waals surface area contributed by atoms with Crippen LogP contribution in [0.1, 0.15) is 38.3 Å². The second-order valence-electron chi connectivity index (χ2n) is 7.51. The number of ether oxygens (including phenoxy) is 2. The molecule has 6 heteroatoms. The number of carbonyl (C=O) groups is 1. The number of nitrogens with zero attached hydrogens (tertiary/aromatic N) is 1. The Kier molecular flexibility index (Phi) is 4.84. The molecule has 0 radical (unpaired) electrons. The van der Waals surface area contributed by atoms with Crippen molar-refractivity contribution in [1.82, 2.24) is 4.90 Å². The molecule has 0 saturated carbocycles. The lowest BCUT2D eigenvalue weighted by atomic mass is 9.89. The Morgan fingerprint density at radius 2 is 2.16 bits per heavy atom. The van der Waals surface area contributed by atoms with E-state index in [-0.39, 0.29) is 30.6 Å². The topological polar surface area (TPSA) is 59.0 Å². The Labute approximate surface area is 147 Å². The van der Waals surface area contributed by atoms with Crippen LogP contribution in [0.3, 0.4) is 0 Å². The van der Waals surface area contributed by atoms with Crippen LogP contribution in [0.25, 0.3) is 5.57 Å². The smallest absolute Gasteiger partial charge is 0.411 e. The number of aliphatic hydroxyl groups is 1. The summed E-state index contributed by atoms with van der Waals surface area (Å²) in [5.74, 6) is -0.326. The number of amides is 1. The number of hydrogen-bond donors (Lipinski definition) is 1. The largest absolute Gasteiger partial charge is 0.444 e. The number of morpholine rings is 1. The summed E-state index contributed by atoms with van der Waals surface area (Å²) in [6.07, 6.45) is 1.99. The van der Waals surface area contributed by atoms with E-state index in [1.165, 1.54) is 6.07 Å². The van der Waals surface area contributed by atoms with Crippen LogP contribution in [0.2, 0.25) is 0 Å². The highest BCUT2D eigenvalue weighted by Crippen LogP contribution is 2.34. The van der Waals surface area contributed by atoms with Gasteiger partial charge in [0, 0.05) is 5.56 Å². The third-order valence-electron chi connectivity index (χ3n) is 4.36. The van der Waals surface area contributed by atoms with E-state index >= 15 is 0 Å². The van der Waals surface area contributed by atoms with E-state index in [1.807, 2.05) is 26.8 Å². The summed E-state index contributed by atoms with van der Waals surface area (Å²) in [4.78, 5) is 14.3. The van der Waals surface area contributed by atoms with Crippen molar-refractivity contribution in [1.29, 1.82) is 0 Å². The summed E-state index contributed by atoms with van der Waals surface area (Å²) in [7, 11) is 0. The van der Waals surface area contributed by atoms with Gasteiger partial charge < -0.3 is 14.6 Å². The van der Waals surface area contributed by atoms with Crippen molar-refractivity contribution in [2.45, 2.75) is 51.5 Å². The maximum Gasteiger partial charge on any atom is 0.411 e. The molecule has 2 atom stereocenters. The molecule has 3 rings (SSSR count). The summed E-state index contributed by atoms with van der Waals surface area (Å²) in [5.41, 5.74) is 1.41. The average Bonchev–Trinajstić information content (AvgIpc) is 2.52. The number of benzene rings is 1. The molecule has 0 aliphatic carbocycles. The fourth-order valence-electron chi connectivity index (χ4n) is 3.31. The number of carbonyl (C=O) groups excluding carboxylic acids is 1. The minimum atomic E-state index is -0.572. The molecule has 2 aliphatic heterocycles. The first-order valence-electron chi connectivity index (χ1n) is 8.48. The SMILES string of the molecule is CC(C)(C)OC(=O)N1C2C=C(c3cc(CO)ccc3F)CC1COC2. The fraction of sp³-hybridized carbons (Fsp3) is 0.526. The van der Waals surface area contributed by atoms with Gasteiger partial charge >= 0.3 is 6.09 Å². The molecule has 2 bridgehead atoms. The summed E-state index contributed by atoms with van der Waals surface area (Å²) in [6, 6.07) is 4.13. The van der Waals surface area contributed by atoms with Crippen LogP contribution in [0, 0.1) is 5.82 Å². The molecule has 0 spiro atoms. The molecular weight excluding hydrogens is 325 g/mol. The van der Waals surface area contributed by atoms with Crippen molar-refractivity contribution >= 4 is 11.7 Å². The van der Waals surface area contributed by atoms with Crippen molar-refractivity contribution in [3.05, 3.63) is 41.2 Å². The molecule has 1 amide bonds. The van der Waals surface area contributed by atoms with E-state index in [1.54, 1.807) is 17.0 Å².